The number of aromatic nitrogens is 3. The molecule has 0 spiro atoms. The Kier molecular flexibility index (Phi) is 4.56. The van der Waals surface area contributed by atoms with Gasteiger partial charge in [0, 0.05) is 17.3 Å². The maximum atomic E-state index is 9.38. The lowest BCUT2D eigenvalue weighted by Gasteiger charge is -2.12. The van der Waals surface area contributed by atoms with Gasteiger partial charge in [-0.25, -0.2) is 0 Å². The van der Waals surface area contributed by atoms with Gasteiger partial charge in [0.05, 0.1) is 0 Å². The van der Waals surface area contributed by atoms with Crippen LogP contribution in [0.1, 0.15) is 13.8 Å². The van der Waals surface area contributed by atoms with Crippen molar-refractivity contribution in [1.82, 2.24) is 15.0 Å². The number of rotatable bonds is 5. The molecule has 0 fully saturated rings. The number of nitrogens with one attached hydrogen (secondary N) is 2. The van der Waals surface area contributed by atoms with Crippen molar-refractivity contribution >= 4 is 17.6 Å². The molecule has 6 nitrogen and oxygen atoms in total. The number of hydrogen-bond acceptors (Lipinski definition) is 6. The third kappa shape index (κ3) is 3.98. The molecule has 122 valence electrons. The Hall–Kier alpha value is -3.15. The van der Waals surface area contributed by atoms with Gasteiger partial charge in [0.2, 0.25) is 11.9 Å². The van der Waals surface area contributed by atoms with Gasteiger partial charge in [0.25, 0.3) is 0 Å². The molecule has 3 rings (SSSR count). The van der Waals surface area contributed by atoms with E-state index < -0.39 is 0 Å². The first-order valence-electron chi connectivity index (χ1n) is 7.74. The van der Waals surface area contributed by atoms with Crippen LogP contribution >= 0.6 is 0 Å². The van der Waals surface area contributed by atoms with Crippen molar-refractivity contribution in [3.05, 3.63) is 54.6 Å². The van der Waals surface area contributed by atoms with Crippen molar-refractivity contribution in [2.45, 2.75) is 19.9 Å². The average molecular weight is 321 g/mol. The zero-order valence-corrected chi connectivity index (χ0v) is 13.6. The lowest BCUT2D eigenvalue weighted by atomic mass is 10.2. The van der Waals surface area contributed by atoms with Crippen molar-refractivity contribution in [3.63, 3.8) is 0 Å². The fourth-order valence-corrected chi connectivity index (χ4v) is 2.14. The molecule has 3 N–H and O–H groups in total. The molecule has 24 heavy (non-hydrogen) atoms. The Balaban J connectivity index is 1.96. The number of phenols is 1. The molecule has 0 aliphatic carbocycles. The van der Waals surface area contributed by atoms with Crippen LogP contribution in [-0.2, 0) is 0 Å². The van der Waals surface area contributed by atoms with Crippen molar-refractivity contribution in [2.24, 2.45) is 0 Å². The summed E-state index contributed by atoms with van der Waals surface area (Å²) in [7, 11) is 0. The molecule has 3 aromatic rings. The highest BCUT2D eigenvalue weighted by atomic mass is 16.3. The highest BCUT2D eigenvalue weighted by molar-refractivity contribution is 5.61. The van der Waals surface area contributed by atoms with Crippen molar-refractivity contribution in [2.75, 3.05) is 10.6 Å². The van der Waals surface area contributed by atoms with E-state index in [1.54, 1.807) is 24.3 Å². The van der Waals surface area contributed by atoms with Crippen LogP contribution in [0.25, 0.3) is 11.4 Å². The summed E-state index contributed by atoms with van der Waals surface area (Å²) in [4.78, 5) is 13.4. The number of nitrogens with zero attached hydrogens (tertiary/aromatic N) is 3. The van der Waals surface area contributed by atoms with Gasteiger partial charge in [0.1, 0.15) is 5.75 Å². The van der Waals surface area contributed by atoms with E-state index in [1.165, 1.54) is 0 Å². The lowest BCUT2D eigenvalue weighted by Crippen LogP contribution is -2.14. The smallest absolute Gasteiger partial charge is 0.232 e. The number of aromatic hydroxyl groups is 1. The molecule has 0 amide bonds. The van der Waals surface area contributed by atoms with Crippen molar-refractivity contribution < 1.29 is 5.11 Å². The van der Waals surface area contributed by atoms with E-state index in [2.05, 4.69) is 25.6 Å². The van der Waals surface area contributed by atoms with E-state index in [1.807, 2.05) is 44.2 Å². The zero-order chi connectivity index (χ0) is 16.9. The molecule has 0 aliphatic rings. The molecule has 0 aliphatic heterocycles. The topological polar surface area (TPSA) is 83.0 Å². The first-order chi connectivity index (χ1) is 11.6. The van der Waals surface area contributed by atoms with Gasteiger partial charge >= 0.3 is 0 Å². The molecule has 0 saturated carbocycles. The van der Waals surface area contributed by atoms with Crippen LogP contribution in [0.5, 0.6) is 5.75 Å². The van der Waals surface area contributed by atoms with Crippen LogP contribution in [0.4, 0.5) is 17.6 Å². The van der Waals surface area contributed by atoms with Crippen LogP contribution in [0.15, 0.2) is 54.6 Å². The zero-order valence-electron chi connectivity index (χ0n) is 13.6. The first-order valence-corrected chi connectivity index (χ1v) is 7.74. The summed E-state index contributed by atoms with van der Waals surface area (Å²) in [5, 5.41) is 15.7. The van der Waals surface area contributed by atoms with Crippen molar-refractivity contribution in [3.8, 4) is 17.1 Å². The second-order valence-corrected chi connectivity index (χ2v) is 5.64. The SMILES string of the molecule is CC(C)Nc1nc(Nc2ccc(O)cc2)nc(-c2ccccc2)n1. The highest BCUT2D eigenvalue weighted by Gasteiger charge is 2.09. The highest BCUT2D eigenvalue weighted by Crippen LogP contribution is 2.21. The van der Waals surface area contributed by atoms with Gasteiger partial charge in [-0.3, -0.25) is 0 Å². The number of phenolic OH excluding ortho intramolecular Hbond substituents is 1. The number of anilines is 3. The van der Waals surface area contributed by atoms with Gasteiger partial charge in [-0.1, -0.05) is 30.3 Å². The Morgan fingerprint density at radius 3 is 2.17 bits per heavy atom. The summed E-state index contributed by atoms with van der Waals surface area (Å²) in [6, 6.07) is 16.7. The van der Waals surface area contributed by atoms with Crippen LogP contribution in [0.2, 0.25) is 0 Å². The summed E-state index contributed by atoms with van der Waals surface area (Å²) in [5.41, 5.74) is 1.70. The summed E-state index contributed by atoms with van der Waals surface area (Å²) in [6.07, 6.45) is 0. The molecule has 2 aromatic carbocycles. The Morgan fingerprint density at radius 1 is 0.833 bits per heavy atom. The largest absolute Gasteiger partial charge is 0.508 e. The molecule has 1 aromatic heterocycles. The minimum Gasteiger partial charge on any atom is -0.508 e. The second kappa shape index (κ2) is 6.95. The Bertz CT molecular complexity index is 803. The van der Waals surface area contributed by atoms with E-state index in [9.17, 15) is 5.11 Å². The second-order valence-electron chi connectivity index (χ2n) is 5.64. The fraction of sp³-hybridized carbons (Fsp3) is 0.167. The van der Waals surface area contributed by atoms with Gasteiger partial charge in [-0.05, 0) is 38.1 Å². The van der Waals surface area contributed by atoms with Crippen LogP contribution in [-0.4, -0.2) is 26.1 Å². The third-order valence-corrected chi connectivity index (χ3v) is 3.21. The van der Waals surface area contributed by atoms with Gasteiger partial charge in [-0.15, -0.1) is 0 Å². The molecule has 0 bridgehead atoms. The first kappa shape index (κ1) is 15.7. The monoisotopic (exact) mass is 321 g/mol. The minimum atomic E-state index is 0.206. The Labute approximate surface area is 140 Å². The molecular formula is C18H19N5O. The molecule has 6 heteroatoms. The quantitative estimate of drug-likeness (QED) is 0.620. The Morgan fingerprint density at radius 2 is 1.50 bits per heavy atom. The average Bonchev–Trinajstić information content (AvgIpc) is 2.57. The minimum absolute atomic E-state index is 0.206. The molecule has 1 heterocycles. The van der Waals surface area contributed by atoms with E-state index in [-0.39, 0.29) is 11.8 Å². The van der Waals surface area contributed by atoms with Gasteiger partial charge in [0.15, 0.2) is 5.82 Å². The van der Waals surface area contributed by atoms with E-state index in [0.717, 1.165) is 11.3 Å². The van der Waals surface area contributed by atoms with E-state index in [4.69, 9.17) is 0 Å². The fourth-order valence-electron chi connectivity index (χ4n) is 2.14. The molecule has 0 atom stereocenters. The normalized spacial score (nSPS) is 10.6. The standard InChI is InChI=1S/C18H19N5O/c1-12(2)19-17-21-16(13-6-4-3-5-7-13)22-18(23-17)20-14-8-10-15(24)11-9-14/h3-12,24H,1-2H3,(H2,19,20,21,22,23). The molecule has 0 saturated heterocycles. The molecular weight excluding hydrogens is 302 g/mol. The van der Waals surface area contributed by atoms with Crippen LogP contribution in [0, 0.1) is 0 Å². The summed E-state index contributed by atoms with van der Waals surface area (Å²) in [6.45, 7) is 4.05. The molecule has 0 unspecified atom stereocenters. The van der Waals surface area contributed by atoms with E-state index in [0.29, 0.717) is 17.7 Å². The number of hydrogen-bond donors (Lipinski definition) is 3. The predicted octanol–water partition coefficient (Wildman–Crippen LogP) is 3.81. The summed E-state index contributed by atoms with van der Waals surface area (Å²) < 4.78 is 0. The van der Waals surface area contributed by atoms with E-state index >= 15 is 0 Å². The maximum absolute atomic E-state index is 9.38. The summed E-state index contributed by atoms with van der Waals surface area (Å²) in [5.74, 6) is 1.76. The van der Waals surface area contributed by atoms with Crippen molar-refractivity contribution in [1.29, 1.82) is 0 Å². The van der Waals surface area contributed by atoms with Crippen LogP contribution in [0.3, 0.4) is 0 Å². The maximum Gasteiger partial charge on any atom is 0.232 e. The van der Waals surface area contributed by atoms with Crippen LogP contribution < -0.4 is 10.6 Å². The number of benzene rings is 2. The van der Waals surface area contributed by atoms with Gasteiger partial charge in [-0.2, -0.15) is 15.0 Å². The summed E-state index contributed by atoms with van der Waals surface area (Å²) >= 11 is 0. The predicted molar refractivity (Wildman–Crippen MR) is 95.4 cm³/mol. The van der Waals surface area contributed by atoms with Gasteiger partial charge < -0.3 is 15.7 Å². The lowest BCUT2D eigenvalue weighted by molar-refractivity contribution is 0.475. The molecule has 0 radical (unpaired) electrons. The third-order valence-electron chi connectivity index (χ3n) is 3.21.